The molecule has 0 amide bonds. The quantitative estimate of drug-likeness (QED) is 0.289. The topological polar surface area (TPSA) is 183 Å². The molecule has 41 heavy (non-hydrogen) atoms. The van der Waals surface area contributed by atoms with Crippen molar-refractivity contribution in [2.45, 2.75) is 60.7 Å². The molecule has 7 atom stereocenters. The van der Waals surface area contributed by atoms with Gasteiger partial charge in [0.05, 0.1) is 11.0 Å². The summed E-state index contributed by atoms with van der Waals surface area (Å²) in [6.45, 7) is 0.599. The molecule has 2 aliphatic carbocycles. The van der Waals surface area contributed by atoms with Gasteiger partial charge in [0, 0.05) is 23.6 Å². The van der Waals surface area contributed by atoms with E-state index in [0.29, 0.717) is 24.9 Å². The number of nitrogens with zero attached hydrogens (tertiary/aromatic N) is 1. The molecule has 4 aliphatic rings. The van der Waals surface area contributed by atoms with Crippen LogP contribution < -0.4 is 4.74 Å². The van der Waals surface area contributed by atoms with Gasteiger partial charge in [0.2, 0.25) is 6.10 Å². The van der Waals surface area contributed by atoms with Crippen LogP contribution in [0.1, 0.15) is 35.6 Å². The average Bonchev–Trinajstić information content (AvgIpc) is 3.32. The number of carbonyl (C=O) groups is 3. The van der Waals surface area contributed by atoms with Crippen LogP contribution >= 0.6 is 0 Å². The molecule has 2 aromatic rings. The Hall–Kier alpha value is -3.97. The highest BCUT2D eigenvalue weighted by molar-refractivity contribution is 5.87. The van der Waals surface area contributed by atoms with Gasteiger partial charge >= 0.3 is 17.9 Å². The average molecular weight is 568 g/mol. The van der Waals surface area contributed by atoms with Crippen molar-refractivity contribution >= 4 is 17.9 Å². The minimum atomic E-state index is -2.45. The van der Waals surface area contributed by atoms with Crippen molar-refractivity contribution in [2.75, 3.05) is 13.6 Å². The summed E-state index contributed by atoms with van der Waals surface area (Å²) >= 11 is 0. The van der Waals surface area contributed by atoms with E-state index in [9.17, 15) is 39.9 Å². The predicted octanol–water partition coefficient (Wildman–Crippen LogP) is 0.304. The van der Waals surface area contributed by atoms with Crippen LogP contribution in [-0.2, 0) is 35.7 Å². The number of aliphatic carboxylic acids is 1. The molecule has 2 heterocycles. The zero-order valence-electron chi connectivity index (χ0n) is 22.0. The summed E-state index contributed by atoms with van der Waals surface area (Å²) in [6.07, 6.45) is -5.17. The Morgan fingerprint density at radius 1 is 1.07 bits per heavy atom. The Morgan fingerprint density at radius 3 is 2.49 bits per heavy atom. The van der Waals surface area contributed by atoms with E-state index in [1.807, 2.05) is 7.05 Å². The molecular formula is C29H29NO11. The molecule has 1 fully saturated rings. The van der Waals surface area contributed by atoms with Crippen molar-refractivity contribution in [3.05, 3.63) is 71.0 Å². The summed E-state index contributed by atoms with van der Waals surface area (Å²) in [5.41, 5.74) is -0.679. The minimum absolute atomic E-state index is 0.0428. The number of benzene rings is 2. The van der Waals surface area contributed by atoms with Crippen molar-refractivity contribution in [1.82, 2.24) is 4.90 Å². The van der Waals surface area contributed by atoms with Gasteiger partial charge < -0.3 is 44.6 Å². The van der Waals surface area contributed by atoms with Crippen LogP contribution in [0.2, 0.25) is 0 Å². The third kappa shape index (κ3) is 3.86. The maximum Gasteiger partial charge on any atom is 0.349 e. The number of phenols is 1. The molecule has 216 valence electrons. The van der Waals surface area contributed by atoms with Gasteiger partial charge in [-0.25, -0.2) is 14.4 Å². The van der Waals surface area contributed by atoms with Crippen LogP contribution in [0.3, 0.4) is 0 Å². The number of carboxylic acids is 1. The molecule has 2 aliphatic heterocycles. The summed E-state index contributed by atoms with van der Waals surface area (Å²) in [7, 11) is 1.93. The molecule has 1 saturated heterocycles. The number of hydrogen-bond donors (Lipinski definition) is 5. The number of carbonyl (C=O) groups excluding carboxylic acids is 2. The van der Waals surface area contributed by atoms with Gasteiger partial charge in [-0.05, 0) is 44.1 Å². The molecule has 0 aromatic heterocycles. The zero-order valence-corrected chi connectivity index (χ0v) is 22.0. The molecule has 3 unspecified atom stereocenters. The standard InChI is InChI=1S/C29H29NO11/c1-30-12-11-28-19-15-7-8-16(31)23(19)40-24(28)17(9-10-29(28,38)18(30)13-15)39-26(36)20(32)21(33)27(37)41-22(25(34)35)14-5-3-2-4-6-14/h2-9,18,20-22,24,31-33,38H,10-13H2,1H3,(H,34,35)/t18-,20?,21?,22?,24+,28+,29-/m1/s1. The molecule has 6 rings (SSSR count). The van der Waals surface area contributed by atoms with Gasteiger partial charge in [-0.3, -0.25) is 0 Å². The van der Waals surface area contributed by atoms with Crippen molar-refractivity contribution < 1.29 is 54.1 Å². The molecule has 0 saturated carbocycles. The van der Waals surface area contributed by atoms with E-state index in [1.165, 1.54) is 36.4 Å². The van der Waals surface area contributed by atoms with E-state index < -0.39 is 53.3 Å². The van der Waals surface area contributed by atoms with Crippen molar-refractivity contribution in [3.8, 4) is 11.5 Å². The number of rotatable bonds is 7. The van der Waals surface area contributed by atoms with Crippen LogP contribution in [0, 0.1) is 0 Å². The first-order valence-corrected chi connectivity index (χ1v) is 13.2. The predicted molar refractivity (Wildman–Crippen MR) is 138 cm³/mol. The number of aliphatic hydroxyl groups excluding tert-OH is 2. The number of piperidine rings is 1. The number of esters is 2. The van der Waals surface area contributed by atoms with Crippen LogP contribution in [0.15, 0.2) is 54.3 Å². The van der Waals surface area contributed by atoms with E-state index in [-0.39, 0.29) is 35.3 Å². The van der Waals surface area contributed by atoms with Gasteiger partial charge in [0.1, 0.15) is 5.76 Å². The van der Waals surface area contributed by atoms with E-state index in [4.69, 9.17) is 14.2 Å². The van der Waals surface area contributed by atoms with E-state index in [2.05, 4.69) is 4.90 Å². The van der Waals surface area contributed by atoms with E-state index in [1.54, 1.807) is 12.1 Å². The second-order valence-corrected chi connectivity index (χ2v) is 11.0. The highest BCUT2D eigenvalue weighted by Gasteiger charge is 2.72. The highest BCUT2D eigenvalue weighted by Crippen LogP contribution is 2.65. The van der Waals surface area contributed by atoms with Crippen molar-refractivity contribution in [2.24, 2.45) is 0 Å². The first-order valence-electron chi connectivity index (χ1n) is 13.2. The van der Waals surface area contributed by atoms with Crippen molar-refractivity contribution in [1.29, 1.82) is 0 Å². The van der Waals surface area contributed by atoms with Gasteiger partial charge in [0.15, 0.2) is 29.8 Å². The lowest BCUT2D eigenvalue weighted by atomic mass is 9.50. The SMILES string of the molecule is CN1CC[C@]23c4c5ccc(O)c4O[C@H]2C(OC(=O)C(O)C(O)C(=O)OC(C(=O)O)c2ccccc2)=CC[C@@]3(O)[C@H]1C5. The number of phenolic OH excluding ortho intramolecular Hbond substituents is 1. The number of carboxylic acid groups (broad SMARTS) is 1. The molecule has 5 N–H and O–H groups in total. The Balaban J connectivity index is 1.24. The van der Waals surface area contributed by atoms with Crippen molar-refractivity contribution in [3.63, 3.8) is 0 Å². The summed E-state index contributed by atoms with van der Waals surface area (Å²) in [4.78, 5) is 39.2. The fourth-order valence-corrected chi connectivity index (χ4v) is 6.95. The molecule has 0 radical (unpaired) electrons. The largest absolute Gasteiger partial charge is 0.504 e. The Morgan fingerprint density at radius 2 is 1.78 bits per heavy atom. The Labute approximate surface area is 234 Å². The third-order valence-corrected chi connectivity index (χ3v) is 8.91. The maximum absolute atomic E-state index is 13.0. The van der Waals surface area contributed by atoms with Crippen LogP contribution in [-0.4, -0.2) is 91.9 Å². The number of ether oxygens (including phenoxy) is 3. The first-order chi connectivity index (χ1) is 19.5. The fraction of sp³-hybridized carbons (Fsp3) is 0.414. The normalized spacial score (nSPS) is 29.7. The molecule has 2 bridgehead atoms. The van der Waals surface area contributed by atoms with E-state index in [0.717, 1.165) is 5.56 Å². The van der Waals surface area contributed by atoms with Crippen LogP contribution in [0.4, 0.5) is 0 Å². The Kier molecular flexibility index (Phi) is 6.34. The second kappa shape index (κ2) is 9.55. The monoisotopic (exact) mass is 567 g/mol. The number of likely N-dealkylation sites (N-methyl/N-ethyl adjacent to an activating group) is 1. The lowest BCUT2D eigenvalue weighted by Gasteiger charge is -2.61. The first kappa shape index (κ1) is 27.2. The summed E-state index contributed by atoms with van der Waals surface area (Å²) in [5, 5.41) is 53.1. The fourth-order valence-electron chi connectivity index (χ4n) is 6.95. The number of likely N-dealkylation sites (tertiary alicyclic amines) is 1. The van der Waals surface area contributed by atoms with Gasteiger partial charge in [0.25, 0.3) is 0 Å². The number of hydrogen-bond acceptors (Lipinski definition) is 11. The van der Waals surface area contributed by atoms with Gasteiger partial charge in [-0.2, -0.15) is 0 Å². The smallest absolute Gasteiger partial charge is 0.349 e. The molecule has 12 heteroatoms. The molecule has 2 aromatic carbocycles. The Bertz CT molecular complexity index is 1460. The maximum atomic E-state index is 13.0. The highest BCUT2D eigenvalue weighted by atomic mass is 16.6. The lowest BCUT2D eigenvalue weighted by Crippen LogP contribution is -2.74. The molecule has 12 nitrogen and oxygen atoms in total. The van der Waals surface area contributed by atoms with Gasteiger partial charge in [-0.15, -0.1) is 0 Å². The van der Waals surface area contributed by atoms with Crippen LogP contribution in [0.5, 0.6) is 11.5 Å². The third-order valence-electron chi connectivity index (χ3n) is 8.91. The second-order valence-electron chi connectivity index (χ2n) is 11.0. The van der Waals surface area contributed by atoms with E-state index >= 15 is 0 Å². The lowest BCUT2D eigenvalue weighted by molar-refractivity contribution is -0.183. The minimum Gasteiger partial charge on any atom is -0.504 e. The molecule has 1 spiro atoms. The summed E-state index contributed by atoms with van der Waals surface area (Å²) in [6, 6.07) is 10.5. The molecular weight excluding hydrogens is 538 g/mol. The van der Waals surface area contributed by atoms with Crippen LogP contribution in [0.25, 0.3) is 0 Å². The zero-order chi connectivity index (χ0) is 29.3. The number of aliphatic hydroxyl groups is 3. The van der Waals surface area contributed by atoms with Gasteiger partial charge in [-0.1, -0.05) is 36.4 Å². The number of aromatic hydroxyl groups is 1. The summed E-state index contributed by atoms with van der Waals surface area (Å²) < 4.78 is 16.5. The summed E-state index contributed by atoms with van der Waals surface area (Å²) in [5.74, 6) is -4.43.